The first-order valence-electron chi connectivity index (χ1n) is 14.9. The summed E-state index contributed by atoms with van der Waals surface area (Å²) in [7, 11) is 1.23. The van der Waals surface area contributed by atoms with Crippen LogP contribution >= 0.6 is 7.82 Å². The minimum Gasteiger partial charge on any atom is -0.756 e. The van der Waals surface area contributed by atoms with Crippen molar-refractivity contribution in [1.82, 2.24) is 5.32 Å². The number of hydrogen-bond donors (Lipinski definition) is 2. The van der Waals surface area contributed by atoms with E-state index in [-0.39, 0.29) is 12.5 Å². The van der Waals surface area contributed by atoms with Crippen molar-refractivity contribution in [2.45, 2.75) is 109 Å². The summed E-state index contributed by atoms with van der Waals surface area (Å²) in [6.07, 6.45) is 23.9. The molecule has 0 spiro atoms. The normalized spacial score (nSPS) is 15.8. The molecule has 0 radical (unpaired) electrons. The van der Waals surface area contributed by atoms with Crippen molar-refractivity contribution >= 4 is 13.7 Å². The van der Waals surface area contributed by atoms with Gasteiger partial charge in [0.25, 0.3) is 7.82 Å². The van der Waals surface area contributed by atoms with E-state index in [1.54, 1.807) is 6.08 Å². The van der Waals surface area contributed by atoms with Crippen LogP contribution < -0.4 is 10.2 Å². The first-order valence-corrected chi connectivity index (χ1v) is 16.3. The SMILES string of the molecule is CCC/C=C\C/C=C\CCCCCCCC(=O)NC(COP(=O)([O-])OCC[N+](C)(C)C)C(O)/C=C/CCCC. The number of nitrogens with zero attached hydrogens (tertiary/aromatic N) is 1. The Morgan fingerprint density at radius 2 is 1.54 bits per heavy atom. The second-order valence-corrected chi connectivity index (χ2v) is 12.5. The standard InChI is InChI=1S/C30H57N2O6P/c1-6-8-10-12-13-14-15-16-17-18-19-20-22-24-30(34)31-28(29(33)23-21-11-9-7-2)27-38-39(35,36)37-26-25-32(3,4)5/h10,12,14-15,21,23,28-29,33H,6-9,11,13,16-20,22,24-27H2,1-5H3,(H-,31,34,35,36)/b12-10-,15-14-,23-21+. The summed E-state index contributed by atoms with van der Waals surface area (Å²) in [5.74, 6) is -0.227. The van der Waals surface area contributed by atoms with Gasteiger partial charge >= 0.3 is 0 Å². The Kier molecular flexibility index (Phi) is 22.7. The highest BCUT2D eigenvalue weighted by Crippen LogP contribution is 2.38. The van der Waals surface area contributed by atoms with Crippen molar-refractivity contribution < 1.29 is 32.9 Å². The smallest absolute Gasteiger partial charge is 0.268 e. The van der Waals surface area contributed by atoms with E-state index in [4.69, 9.17) is 9.05 Å². The van der Waals surface area contributed by atoms with E-state index in [2.05, 4.69) is 43.5 Å². The molecule has 3 unspecified atom stereocenters. The molecule has 8 nitrogen and oxygen atoms in total. The second-order valence-electron chi connectivity index (χ2n) is 11.1. The molecule has 0 fully saturated rings. The average Bonchev–Trinajstić information content (AvgIpc) is 2.86. The molecule has 0 aromatic heterocycles. The zero-order valence-electron chi connectivity index (χ0n) is 25.3. The quantitative estimate of drug-likeness (QED) is 0.0618. The summed E-state index contributed by atoms with van der Waals surface area (Å²) in [6.45, 7) is 4.35. The molecule has 0 bridgehead atoms. The number of allylic oxidation sites excluding steroid dienone is 5. The fourth-order valence-corrected chi connectivity index (χ4v) is 4.31. The Morgan fingerprint density at radius 1 is 0.897 bits per heavy atom. The van der Waals surface area contributed by atoms with E-state index in [1.165, 1.54) is 6.42 Å². The van der Waals surface area contributed by atoms with Crippen LogP contribution in [0.3, 0.4) is 0 Å². The fourth-order valence-electron chi connectivity index (χ4n) is 3.58. The van der Waals surface area contributed by atoms with Crippen LogP contribution in [0.15, 0.2) is 36.5 Å². The van der Waals surface area contributed by atoms with Crippen LogP contribution in [0.25, 0.3) is 0 Å². The van der Waals surface area contributed by atoms with Gasteiger partial charge in [-0.2, -0.15) is 0 Å². The number of amides is 1. The lowest BCUT2D eigenvalue weighted by molar-refractivity contribution is -0.870. The molecule has 0 aliphatic heterocycles. The number of phosphoric acid groups is 1. The van der Waals surface area contributed by atoms with E-state index in [0.717, 1.165) is 70.6 Å². The maximum absolute atomic E-state index is 12.5. The number of quaternary nitrogens is 1. The van der Waals surface area contributed by atoms with Crippen LogP contribution in [0, 0.1) is 0 Å². The number of hydrogen-bond acceptors (Lipinski definition) is 6. The number of rotatable bonds is 25. The highest BCUT2D eigenvalue weighted by molar-refractivity contribution is 7.45. The van der Waals surface area contributed by atoms with Crippen molar-refractivity contribution in [2.24, 2.45) is 0 Å². The number of aliphatic hydroxyl groups is 1. The van der Waals surface area contributed by atoms with Crippen LogP contribution in [-0.4, -0.2) is 68.5 Å². The highest BCUT2D eigenvalue weighted by Gasteiger charge is 2.23. The van der Waals surface area contributed by atoms with Crippen molar-refractivity contribution in [3.05, 3.63) is 36.5 Å². The number of carbonyl (C=O) groups is 1. The molecule has 0 saturated carbocycles. The molecule has 9 heteroatoms. The van der Waals surface area contributed by atoms with Gasteiger partial charge in [-0.25, -0.2) is 0 Å². The van der Waals surface area contributed by atoms with Gasteiger partial charge in [0.2, 0.25) is 5.91 Å². The van der Waals surface area contributed by atoms with E-state index >= 15 is 0 Å². The molecule has 228 valence electrons. The molecule has 0 heterocycles. The number of unbranched alkanes of at least 4 members (excludes halogenated alkanes) is 8. The van der Waals surface area contributed by atoms with Crippen molar-refractivity contribution in [3.63, 3.8) is 0 Å². The number of aliphatic hydroxyl groups excluding tert-OH is 1. The monoisotopic (exact) mass is 572 g/mol. The third-order valence-electron chi connectivity index (χ3n) is 6.08. The van der Waals surface area contributed by atoms with Gasteiger partial charge < -0.3 is 28.8 Å². The highest BCUT2D eigenvalue weighted by atomic mass is 31.2. The Balaban J connectivity index is 4.48. The second kappa shape index (κ2) is 23.4. The maximum Gasteiger partial charge on any atom is 0.268 e. The lowest BCUT2D eigenvalue weighted by Gasteiger charge is -2.29. The van der Waals surface area contributed by atoms with Crippen LogP contribution in [0.1, 0.15) is 97.3 Å². The molecule has 3 atom stereocenters. The molecular weight excluding hydrogens is 515 g/mol. The van der Waals surface area contributed by atoms with Gasteiger partial charge in [0.1, 0.15) is 13.2 Å². The number of carbonyl (C=O) groups excluding carboxylic acids is 1. The molecule has 0 aliphatic rings. The lowest BCUT2D eigenvalue weighted by Crippen LogP contribution is -2.45. The maximum atomic E-state index is 12.5. The van der Waals surface area contributed by atoms with E-state index < -0.39 is 26.6 Å². The van der Waals surface area contributed by atoms with Crippen molar-refractivity contribution in [2.75, 3.05) is 40.9 Å². The Bertz CT molecular complexity index is 748. The number of nitrogens with one attached hydrogen (secondary N) is 1. The first kappa shape index (κ1) is 37.7. The van der Waals surface area contributed by atoms with Gasteiger partial charge in [-0.3, -0.25) is 9.36 Å². The van der Waals surface area contributed by atoms with E-state index in [0.29, 0.717) is 17.4 Å². The molecule has 1 amide bonds. The minimum atomic E-state index is -4.56. The molecular formula is C30H57N2O6P. The third kappa shape index (κ3) is 25.4. The summed E-state index contributed by atoms with van der Waals surface area (Å²) >= 11 is 0. The molecule has 0 aromatic carbocycles. The third-order valence-corrected chi connectivity index (χ3v) is 7.04. The predicted molar refractivity (Wildman–Crippen MR) is 159 cm³/mol. The van der Waals surface area contributed by atoms with E-state index in [1.807, 2.05) is 27.2 Å². The fraction of sp³-hybridized carbons (Fsp3) is 0.767. The summed E-state index contributed by atoms with van der Waals surface area (Å²) in [6, 6.07) is -0.886. The largest absolute Gasteiger partial charge is 0.756 e. The first-order chi connectivity index (χ1) is 18.5. The topological polar surface area (TPSA) is 108 Å². The van der Waals surface area contributed by atoms with Crippen LogP contribution in [-0.2, 0) is 18.4 Å². The lowest BCUT2D eigenvalue weighted by atomic mass is 10.1. The zero-order valence-corrected chi connectivity index (χ0v) is 26.2. The van der Waals surface area contributed by atoms with Gasteiger partial charge in [0.05, 0.1) is 39.9 Å². The van der Waals surface area contributed by atoms with Gasteiger partial charge in [-0.05, 0) is 38.5 Å². The van der Waals surface area contributed by atoms with Crippen molar-refractivity contribution in [3.8, 4) is 0 Å². The number of phosphoric ester groups is 1. The Labute approximate surface area is 238 Å². The van der Waals surface area contributed by atoms with E-state index in [9.17, 15) is 19.4 Å². The van der Waals surface area contributed by atoms with Crippen LogP contribution in [0.5, 0.6) is 0 Å². The molecule has 39 heavy (non-hydrogen) atoms. The summed E-state index contributed by atoms with van der Waals surface area (Å²) in [4.78, 5) is 24.7. The van der Waals surface area contributed by atoms with Crippen molar-refractivity contribution in [1.29, 1.82) is 0 Å². The number of likely N-dealkylation sites (N-methyl/N-ethyl adjacent to an activating group) is 1. The van der Waals surface area contributed by atoms with Gasteiger partial charge in [-0.1, -0.05) is 88.8 Å². The summed E-state index contributed by atoms with van der Waals surface area (Å²) < 4.78 is 22.7. The van der Waals surface area contributed by atoms with Gasteiger partial charge in [0.15, 0.2) is 0 Å². The van der Waals surface area contributed by atoms with Crippen LogP contribution in [0.2, 0.25) is 0 Å². The molecule has 0 aliphatic carbocycles. The minimum absolute atomic E-state index is 0.00649. The molecule has 2 N–H and O–H groups in total. The summed E-state index contributed by atoms with van der Waals surface area (Å²) in [5.41, 5.74) is 0. The molecule has 0 rings (SSSR count). The Hall–Kier alpha value is -1.28. The average molecular weight is 573 g/mol. The predicted octanol–water partition coefficient (Wildman–Crippen LogP) is 5.82. The molecule has 0 aromatic rings. The zero-order chi connectivity index (χ0) is 29.4. The summed E-state index contributed by atoms with van der Waals surface area (Å²) in [5, 5.41) is 13.4. The molecule has 0 saturated heterocycles. The Morgan fingerprint density at radius 3 is 2.21 bits per heavy atom. The van der Waals surface area contributed by atoms with Crippen LogP contribution in [0.4, 0.5) is 0 Å². The van der Waals surface area contributed by atoms with Gasteiger partial charge in [-0.15, -0.1) is 0 Å². The van der Waals surface area contributed by atoms with Gasteiger partial charge in [0, 0.05) is 6.42 Å².